The summed E-state index contributed by atoms with van der Waals surface area (Å²) >= 11 is 5.60. The van der Waals surface area contributed by atoms with E-state index < -0.39 is 50.2 Å². The lowest BCUT2D eigenvalue weighted by atomic mass is 10.0. The second kappa shape index (κ2) is 3.77. The van der Waals surface area contributed by atoms with Crippen molar-refractivity contribution >= 4 is 35.2 Å². The maximum Gasteiger partial charge on any atom is 0.348 e. The number of halogens is 1. The molecule has 0 spiro atoms. The zero-order valence-electron chi connectivity index (χ0n) is 8.30. The van der Waals surface area contributed by atoms with Crippen LogP contribution in [0.1, 0.15) is 31.1 Å². The van der Waals surface area contributed by atoms with Crippen LogP contribution in [0, 0.1) is 10.1 Å². The predicted octanol–water partition coefficient (Wildman–Crippen LogP) is 1.26. The molecule has 9 heteroatoms. The summed E-state index contributed by atoms with van der Waals surface area (Å²) in [4.78, 5) is 43.1. The number of carboxylic acids is 1. The molecule has 0 fully saturated rings. The largest absolute Gasteiger partial charge is 0.477 e. The minimum atomic E-state index is -1.64. The smallest absolute Gasteiger partial charge is 0.348 e. The van der Waals surface area contributed by atoms with Gasteiger partial charge in [-0.15, -0.1) is 0 Å². The Morgan fingerprint density at radius 3 is 2.50 bits per heavy atom. The van der Waals surface area contributed by atoms with Gasteiger partial charge >= 0.3 is 23.6 Å². The van der Waals surface area contributed by atoms with Crippen molar-refractivity contribution in [1.29, 1.82) is 0 Å². The third-order valence-corrected chi connectivity index (χ3v) is 2.63. The first kappa shape index (κ1) is 12.0. The minimum absolute atomic E-state index is 0.395. The van der Waals surface area contributed by atoms with E-state index in [1.165, 1.54) is 0 Å². The van der Waals surface area contributed by atoms with Crippen LogP contribution < -0.4 is 0 Å². The van der Waals surface area contributed by atoms with E-state index in [1.54, 1.807) is 0 Å². The molecule has 92 valence electrons. The first-order valence-electron chi connectivity index (χ1n) is 4.35. The Bertz CT molecular complexity index is 636. The molecule has 0 unspecified atom stereocenters. The van der Waals surface area contributed by atoms with Crippen molar-refractivity contribution in [2.24, 2.45) is 0 Å². The molecular formula is C9H2ClNO7. The molecule has 2 rings (SSSR count). The van der Waals surface area contributed by atoms with E-state index in [4.69, 9.17) is 16.7 Å². The fourth-order valence-corrected chi connectivity index (χ4v) is 1.88. The van der Waals surface area contributed by atoms with Gasteiger partial charge in [0.25, 0.3) is 0 Å². The second-order valence-corrected chi connectivity index (χ2v) is 3.63. The van der Waals surface area contributed by atoms with Crippen LogP contribution in [0.15, 0.2) is 6.07 Å². The quantitative estimate of drug-likeness (QED) is 0.371. The Morgan fingerprint density at radius 2 is 2.00 bits per heavy atom. The second-order valence-electron chi connectivity index (χ2n) is 3.25. The average molecular weight is 272 g/mol. The summed E-state index contributed by atoms with van der Waals surface area (Å²) in [7, 11) is 0. The van der Waals surface area contributed by atoms with Gasteiger partial charge in [0, 0.05) is 0 Å². The fourth-order valence-electron chi connectivity index (χ4n) is 1.53. The summed E-state index contributed by atoms with van der Waals surface area (Å²) in [6.45, 7) is 0. The molecule has 0 saturated carbocycles. The highest BCUT2D eigenvalue weighted by Gasteiger charge is 2.39. The van der Waals surface area contributed by atoms with Crippen molar-refractivity contribution in [2.45, 2.75) is 0 Å². The molecule has 1 N–H and O–H groups in total. The third-order valence-electron chi connectivity index (χ3n) is 2.26. The number of hydrogen-bond acceptors (Lipinski definition) is 6. The van der Waals surface area contributed by atoms with Gasteiger partial charge < -0.3 is 9.84 Å². The highest BCUT2D eigenvalue weighted by Crippen LogP contribution is 2.37. The number of carboxylic acid groups (broad SMARTS) is 1. The van der Waals surface area contributed by atoms with Crippen molar-refractivity contribution in [2.75, 3.05) is 0 Å². The lowest BCUT2D eigenvalue weighted by Crippen LogP contribution is -2.07. The molecule has 8 nitrogen and oxygen atoms in total. The van der Waals surface area contributed by atoms with Crippen molar-refractivity contribution in [3.63, 3.8) is 0 Å². The van der Waals surface area contributed by atoms with Crippen molar-refractivity contribution in [3.8, 4) is 0 Å². The predicted molar refractivity (Wildman–Crippen MR) is 54.8 cm³/mol. The Kier molecular flexibility index (Phi) is 2.51. The van der Waals surface area contributed by atoms with Gasteiger partial charge in [-0.25, -0.2) is 14.4 Å². The van der Waals surface area contributed by atoms with Gasteiger partial charge in [-0.2, -0.15) is 0 Å². The number of benzene rings is 1. The van der Waals surface area contributed by atoms with Crippen LogP contribution in [-0.2, 0) is 4.74 Å². The molecule has 0 radical (unpaired) electrons. The summed E-state index contributed by atoms with van der Waals surface area (Å²) in [6.07, 6.45) is 0. The number of aromatic carboxylic acids is 1. The molecular weight excluding hydrogens is 270 g/mol. The van der Waals surface area contributed by atoms with Gasteiger partial charge in [0.1, 0.15) is 16.1 Å². The molecule has 0 saturated heterocycles. The van der Waals surface area contributed by atoms with Gasteiger partial charge in [-0.05, 0) is 6.07 Å². The number of cyclic esters (lactones) is 2. The zero-order valence-corrected chi connectivity index (χ0v) is 9.06. The minimum Gasteiger partial charge on any atom is -0.477 e. The molecule has 1 heterocycles. The molecule has 1 aliphatic heterocycles. The van der Waals surface area contributed by atoms with Gasteiger partial charge in [0.05, 0.1) is 10.5 Å². The van der Waals surface area contributed by atoms with E-state index in [2.05, 4.69) is 4.74 Å². The summed E-state index contributed by atoms with van der Waals surface area (Å²) < 4.78 is 4.20. The van der Waals surface area contributed by atoms with E-state index in [0.717, 1.165) is 0 Å². The topological polar surface area (TPSA) is 124 Å². The standard InChI is InChI=1S/C9H2ClNO7/c10-5-4-2(8(14)18-9(4)15)1-3(7(12)13)6(5)11(16)17/h1H,(H,12,13). The van der Waals surface area contributed by atoms with Gasteiger partial charge in [0.2, 0.25) is 0 Å². The number of ether oxygens (including phenoxy) is 1. The van der Waals surface area contributed by atoms with Crippen LogP contribution in [0.2, 0.25) is 5.02 Å². The number of esters is 2. The van der Waals surface area contributed by atoms with Crippen LogP contribution in [0.4, 0.5) is 5.69 Å². The molecule has 0 bridgehead atoms. The van der Waals surface area contributed by atoms with Crippen molar-refractivity contribution in [3.05, 3.63) is 37.9 Å². The summed E-state index contributed by atoms with van der Waals surface area (Å²) in [5, 5.41) is 18.9. The fraction of sp³-hybridized carbons (Fsp3) is 0. The van der Waals surface area contributed by atoms with Crippen LogP contribution in [-0.4, -0.2) is 27.9 Å². The molecule has 0 aliphatic carbocycles. The van der Waals surface area contributed by atoms with Crippen LogP contribution in [0.25, 0.3) is 0 Å². The highest BCUT2D eigenvalue weighted by atomic mass is 35.5. The van der Waals surface area contributed by atoms with Gasteiger partial charge in [-0.3, -0.25) is 10.1 Å². The normalized spacial score (nSPS) is 13.2. The summed E-state index contributed by atoms with van der Waals surface area (Å²) in [5.74, 6) is -3.87. The lowest BCUT2D eigenvalue weighted by molar-refractivity contribution is -0.385. The molecule has 0 aromatic heterocycles. The lowest BCUT2D eigenvalue weighted by Gasteiger charge is -2.02. The first-order chi connectivity index (χ1) is 8.34. The Balaban J connectivity index is 2.89. The van der Waals surface area contributed by atoms with Crippen molar-refractivity contribution in [1.82, 2.24) is 0 Å². The Labute approximate surface area is 103 Å². The van der Waals surface area contributed by atoms with Crippen LogP contribution in [0.5, 0.6) is 0 Å². The molecule has 1 aromatic carbocycles. The number of nitro groups is 1. The number of nitro benzene ring substituents is 1. The molecule has 1 aromatic rings. The molecule has 18 heavy (non-hydrogen) atoms. The SMILES string of the molecule is O=C1OC(=O)c2c1cc(C(=O)O)c([N+](=O)[O-])c2Cl. The summed E-state index contributed by atoms with van der Waals surface area (Å²) in [6, 6.07) is 0.703. The number of carbonyl (C=O) groups is 3. The number of nitrogens with zero attached hydrogens (tertiary/aromatic N) is 1. The highest BCUT2D eigenvalue weighted by molar-refractivity contribution is 6.38. The molecule has 0 atom stereocenters. The van der Waals surface area contributed by atoms with E-state index >= 15 is 0 Å². The summed E-state index contributed by atoms with van der Waals surface area (Å²) in [5.41, 5.74) is -2.61. The maximum absolute atomic E-state index is 11.3. The number of fused-ring (bicyclic) bond motifs is 1. The van der Waals surface area contributed by atoms with E-state index in [1.807, 2.05) is 0 Å². The zero-order chi connectivity index (χ0) is 13.6. The average Bonchev–Trinajstić information content (AvgIpc) is 2.53. The monoisotopic (exact) mass is 271 g/mol. The molecule has 0 amide bonds. The molecule has 1 aliphatic rings. The number of rotatable bonds is 2. The number of carbonyl (C=O) groups excluding carboxylic acids is 2. The number of hydrogen-bond donors (Lipinski definition) is 1. The van der Waals surface area contributed by atoms with E-state index in [-0.39, 0.29) is 0 Å². The first-order valence-corrected chi connectivity index (χ1v) is 4.73. The van der Waals surface area contributed by atoms with E-state index in [0.29, 0.717) is 6.07 Å². The van der Waals surface area contributed by atoms with Crippen molar-refractivity contribution < 1.29 is 29.2 Å². The Hall–Kier alpha value is -2.48. The van der Waals surface area contributed by atoms with Gasteiger partial charge in [0.15, 0.2) is 0 Å². The Morgan fingerprint density at radius 1 is 1.39 bits per heavy atom. The van der Waals surface area contributed by atoms with Gasteiger partial charge in [-0.1, -0.05) is 11.6 Å². The van der Waals surface area contributed by atoms with E-state index in [9.17, 15) is 24.5 Å². The van der Waals surface area contributed by atoms with Crippen LogP contribution >= 0.6 is 11.6 Å². The third kappa shape index (κ3) is 1.51. The van der Waals surface area contributed by atoms with Crippen LogP contribution in [0.3, 0.4) is 0 Å². The maximum atomic E-state index is 11.3.